The van der Waals surface area contributed by atoms with Gasteiger partial charge in [-0.2, -0.15) is 0 Å². The molecule has 0 bridgehead atoms. The van der Waals surface area contributed by atoms with Crippen LogP contribution in [0.15, 0.2) is 18.2 Å². The van der Waals surface area contributed by atoms with Crippen LogP contribution in [0.3, 0.4) is 0 Å². The van der Waals surface area contributed by atoms with E-state index in [1.807, 2.05) is 0 Å². The minimum atomic E-state index is -0.300. The number of hydroxylamine groups is 1. The maximum atomic E-state index is 11.4. The fourth-order valence-corrected chi connectivity index (χ4v) is 1.46. The van der Waals surface area contributed by atoms with E-state index in [-0.39, 0.29) is 18.1 Å². The Bertz CT molecular complexity index is 429. The number of hydrogen-bond donors (Lipinski definition) is 1. The summed E-state index contributed by atoms with van der Waals surface area (Å²) >= 11 is 0. The first kappa shape index (κ1) is 13.2. The van der Waals surface area contributed by atoms with Crippen LogP contribution in [0.1, 0.15) is 22.8 Å². The van der Waals surface area contributed by atoms with E-state index in [0.29, 0.717) is 16.9 Å². The molecule has 0 aromatic heterocycles. The van der Waals surface area contributed by atoms with Crippen LogP contribution in [0.25, 0.3) is 0 Å². The molecule has 0 heterocycles. The van der Waals surface area contributed by atoms with E-state index in [0.717, 1.165) is 0 Å². The number of ketones is 1. The number of amides is 1. The van der Waals surface area contributed by atoms with E-state index < -0.39 is 0 Å². The molecule has 5 nitrogen and oxygen atoms in total. The van der Waals surface area contributed by atoms with Crippen molar-refractivity contribution in [3.05, 3.63) is 29.3 Å². The summed E-state index contributed by atoms with van der Waals surface area (Å²) in [6.07, 6.45) is 0.0954. The van der Waals surface area contributed by atoms with Crippen LogP contribution in [0, 0.1) is 0 Å². The van der Waals surface area contributed by atoms with E-state index in [9.17, 15) is 9.59 Å². The fourth-order valence-electron chi connectivity index (χ4n) is 1.46. The molecule has 1 N–H and O–H groups in total. The number of carbonyl (C=O) groups excluding carboxylic acids is 2. The maximum absolute atomic E-state index is 11.4. The lowest BCUT2D eigenvalue weighted by atomic mass is 10.0. The third-order valence-corrected chi connectivity index (χ3v) is 2.25. The molecule has 1 aromatic carbocycles. The topological polar surface area (TPSA) is 64.6 Å². The average molecular weight is 237 g/mol. The van der Waals surface area contributed by atoms with Gasteiger partial charge < -0.3 is 4.74 Å². The van der Waals surface area contributed by atoms with Crippen LogP contribution in [0.5, 0.6) is 5.75 Å². The molecule has 0 saturated carbocycles. The molecule has 0 spiro atoms. The second-order valence-electron chi connectivity index (χ2n) is 3.49. The summed E-state index contributed by atoms with van der Waals surface area (Å²) in [5, 5.41) is 0. The lowest BCUT2D eigenvalue weighted by molar-refractivity contribution is -0.130. The predicted octanol–water partition coefficient (Wildman–Crippen LogP) is 1.12. The fraction of sp³-hybridized carbons (Fsp3) is 0.333. The Hall–Kier alpha value is -1.88. The second-order valence-corrected chi connectivity index (χ2v) is 3.49. The summed E-state index contributed by atoms with van der Waals surface area (Å²) in [6, 6.07) is 4.99. The van der Waals surface area contributed by atoms with Crippen LogP contribution in [0.2, 0.25) is 0 Å². The van der Waals surface area contributed by atoms with Gasteiger partial charge in [-0.05, 0) is 25.1 Å². The molecule has 5 heteroatoms. The van der Waals surface area contributed by atoms with Gasteiger partial charge in [0, 0.05) is 11.1 Å². The Labute approximate surface area is 99.7 Å². The number of Topliss-reactive ketones (excluding diaryl/α,β-unsaturated/α-hetero) is 1. The van der Waals surface area contributed by atoms with Gasteiger partial charge in [0.15, 0.2) is 5.78 Å². The Morgan fingerprint density at radius 1 is 1.29 bits per heavy atom. The molecule has 0 saturated heterocycles. The van der Waals surface area contributed by atoms with Gasteiger partial charge in [0.2, 0.25) is 5.91 Å². The van der Waals surface area contributed by atoms with E-state index >= 15 is 0 Å². The molecule has 0 fully saturated rings. The zero-order chi connectivity index (χ0) is 12.8. The SMILES string of the molecule is CONC(=O)Cc1cc(C(C)=O)ccc1OC. The van der Waals surface area contributed by atoms with Crippen molar-refractivity contribution >= 4 is 11.7 Å². The lowest BCUT2D eigenvalue weighted by Crippen LogP contribution is -2.23. The van der Waals surface area contributed by atoms with Crippen molar-refractivity contribution in [2.75, 3.05) is 14.2 Å². The number of benzene rings is 1. The standard InChI is InChI=1S/C12H15NO4/c1-8(14)9-4-5-11(16-2)10(6-9)7-12(15)13-17-3/h4-6H,7H2,1-3H3,(H,13,15). The summed E-state index contributed by atoms with van der Waals surface area (Å²) in [7, 11) is 2.88. The van der Waals surface area contributed by atoms with Gasteiger partial charge in [-0.3, -0.25) is 14.4 Å². The third kappa shape index (κ3) is 3.57. The van der Waals surface area contributed by atoms with Crippen molar-refractivity contribution < 1.29 is 19.2 Å². The third-order valence-electron chi connectivity index (χ3n) is 2.25. The summed E-state index contributed by atoms with van der Waals surface area (Å²) in [4.78, 5) is 27.1. The summed E-state index contributed by atoms with van der Waals surface area (Å²) in [5.74, 6) is 0.216. The highest BCUT2D eigenvalue weighted by Gasteiger charge is 2.11. The maximum Gasteiger partial charge on any atom is 0.248 e. The first-order valence-corrected chi connectivity index (χ1v) is 5.08. The van der Waals surface area contributed by atoms with E-state index in [1.54, 1.807) is 18.2 Å². The molecule has 1 amide bonds. The molecule has 92 valence electrons. The quantitative estimate of drug-likeness (QED) is 0.615. The molecular formula is C12H15NO4. The Balaban J connectivity index is 2.97. The summed E-state index contributed by atoms with van der Waals surface area (Å²) in [5.41, 5.74) is 3.41. The average Bonchev–Trinajstić information content (AvgIpc) is 2.29. The van der Waals surface area contributed by atoms with Crippen LogP contribution in [0.4, 0.5) is 0 Å². The number of hydrogen-bond acceptors (Lipinski definition) is 4. The molecule has 0 radical (unpaired) electrons. The Morgan fingerprint density at radius 2 is 2.00 bits per heavy atom. The van der Waals surface area contributed by atoms with Gasteiger partial charge in [0.1, 0.15) is 5.75 Å². The van der Waals surface area contributed by atoms with Crippen LogP contribution in [-0.4, -0.2) is 25.9 Å². The molecule has 0 unspecified atom stereocenters. The number of ether oxygens (including phenoxy) is 1. The summed E-state index contributed by atoms with van der Waals surface area (Å²) in [6.45, 7) is 1.47. The van der Waals surface area contributed by atoms with Gasteiger partial charge in [-0.1, -0.05) is 0 Å². The minimum Gasteiger partial charge on any atom is -0.496 e. The second kappa shape index (κ2) is 6.00. The molecule has 1 aromatic rings. The largest absolute Gasteiger partial charge is 0.496 e. The van der Waals surface area contributed by atoms with Gasteiger partial charge in [-0.15, -0.1) is 0 Å². The number of nitrogens with one attached hydrogen (secondary N) is 1. The van der Waals surface area contributed by atoms with Crippen molar-refractivity contribution in [3.8, 4) is 5.75 Å². The summed E-state index contributed by atoms with van der Waals surface area (Å²) < 4.78 is 5.13. The van der Waals surface area contributed by atoms with Crippen molar-refractivity contribution in [1.82, 2.24) is 5.48 Å². The highest BCUT2D eigenvalue weighted by atomic mass is 16.6. The first-order chi connectivity index (χ1) is 8.08. The highest BCUT2D eigenvalue weighted by Crippen LogP contribution is 2.20. The zero-order valence-corrected chi connectivity index (χ0v) is 10.1. The Kier molecular flexibility index (Phi) is 4.66. The monoisotopic (exact) mass is 237 g/mol. The van der Waals surface area contributed by atoms with Crippen molar-refractivity contribution in [1.29, 1.82) is 0 Å². The van der Waals surface area contributed by atoms with Crippen molar-refractivity contribution in [2.24, 2.45) is 0 Å². The van der Waals surface area contributed by atoms with Gasteiger partial charge >= 0.3 is 0 Å². The van der Waals surface area contributed by atoms with Gasteiger partial charge in [0.05, 0.1) is 20.6 Å². The molecule has 17 heavy (non-hydrogen) atoms. The predicted molar refractivity (Wildman–Crippen MR) is 61.9 cm³/mol. The van der Waals surface area contributed by atoms with E-state index in [1.165, 1.54) is 21.1 Å². The van der Waals surface area contributed by atoms with Crippen molar-refractivity contribution in [3.63, 3.8) is 0 Å². The Morgan fingerprint density at radius 3 is 2.53 bits per heavy atom. The van der Waals surface area contributed by atoms with E-state index in [4.69, 9.17) is 4.74 Å². The molecule has 0 atom stereocenters. The minimum absolute atomic E-state index is 0.0546. The zero-order valence-electron chi connectivity index (χ0n) is 10.1. The molecule has 0 aliphatic heterocycles. The van der Waals surface area contributed by atoms with Gasteiger partial charge in [0.25, 0.3) is 0 Å². The molecule has 0 aliphatic rings. The molecule has 1 rings (SSSR count). The highest BCUT2D eigenvalue weighted by molar-refractivity contribution is 5.94. The number of rotatable bonds is 5. The number of carbonyl (C=O) groups is 2. The molecule has 0 aliphatic carbocycles. The lowest BCUT2D eigenvalue weighted by Gasteiger charge is -2.09. The van der Waals surface area contributed by atoms with Crippen LogP contribution < -0.4 is 10.2 Å². The van der Waals surface area contributed by atoms with Crippen LogP contribution in [-0.2, 0) is 16.1 Å². The molecular weight excluding hydrogens is 222 g/mol. The van der Waals surface area contributed by atoms with Gasteiger partial charge in [-0.25, -0.2) is 5.48 Å². The van der Waals surface area contributed by atoms with Crippen LogP contribution >= 0.6 is 0 Å². The normalized spacial score (nSPS) is 9.82. The van der Waals surface area contributed by atoms with Crippen molar-refractivity contribution in [2.45, 2.75) is 13.3 Å². The number of methoxy groups -OCH3 is 1. The smallest absolute Gasteiger partial charge is 0.248 e. The first-order valence-electron chi connectivity index (χ1n) is 5.08. The van der Waals surface area contributed by atoms with E-state index in [2.05, 4.69) is 10.3 Å².